The van der Waals surface area contributed by atoms with Crippen LogP contribution in [-0.4, -0.2) is 0 Å². The van der Waals surface area contributed by atoms with E-state index in [0.717, 1.165) is 24.9 Å². The molecule has 1 rings (SSSR count). The Hall–Kier alpha value is 0.950. The van der Waals surface area contributed by atoms with Crippen LogP contribution in [0.3, 0.4) is 0 Å². The maximum Gasteiger partial charge on any atom is 0.0458 e. The van der Waals surface area contributed by atoms with Gasteiger partial charge in [-0.1, -0.05) is 27.5 Å². The molecule has 0 aliphatic rings. The Balaban J connectivity index is 3.29. The first-order valence-corrected chi connectivity index (χ1v) is 5.93. The van der Waals surface area contributed by atoms with Gasteiger partial charge in [0.2, 0.25) is 0 Å². The maximum absolute atomic E-state index is 5.92. The van der Waals surface area contributed by atoms with E-state index in [4.69, 9.17) is 11.6 Å². The fourth-order valence-electron chi connectivity index (χ4n) is 0.692. The maximum atomic E-state index is 5.92. The highest BCUT2D eigenvalue weighted by atomic mass is 79.9. The molecule has 60 valence electrons. The molecule has 0 saturated heterocycles. The van der Waals surface area contributed by atoms with Crippen molar-refractivity contribution in [2.75, 3.05) is 0 Å². The second-order valence-corrected chi connectivity index (χ2v) is 4.57. The van der Waals surface area contributed by atoms with Crippen molar-refractivity contribution in [2.24, 2.45) is 0 Å². The van der Waals surface area contributed by atoms with Crippen LogP contribution in [0, 0.1) is 0 Å². The van der Waals surface area contributed by atoms with Crippen LogP contribution in [0.2, 0.25) is 5.02 Å². The number of benzene rings is 1. The van der Waals surface area contributed by atoms with Gasteiger partial charge in [-0.2, -0.15) is 0 Å². The van der Waals surface area contributed by atoms with Crippen molar-refractivity contribution in [3.05, 3.63) is 31.7 Å². The van der Waals surface area contributed by atoms with Crippen molar-refractivity contribution in [3.63, 3.8) is 0 Å². The fraction of sp³-hybridized carbons (Fsp3) is 0.143. The van der Waals surface area contributed by atoms with Gasteiger partial charge in [0.25, 0.3) is 0 Å². The third kappa shape index (κ3) is 2.20. The summed E-state index contributed by atoms with van der Waals surface area (Å²) >= 11 is 16.1. The Bertz CT molecular complexity index is 273. The van der Waals surface area contributed by atoms with Gasteiger partial charge < -0.3 is 0 Å². The molecule has 0 aromatic heterocycles. The molecule has 0 amide bonds. The Morgan fingerprint density at radius 2 is 1.91 bits per heavy atom. The standard InChI is InChI=1S/C7H4Br3Cl/c8-3-4-6(11)2-1-5(9)7(4)10/h1-2H,3H2. The van der Waals surface area contributed by atoms with Gasteiger partial charge in [0.05, 0.1) is 0 Å². The van der Waals surface area contributed by atoms with E-state index in [2.05, 4.69) is 47.8 Å². The van der Waals surface area contributed by atoms with Gasteiger partial charge in [0.15, 0.2) is 0 Å². The van der Waals surface area contributed by atoms with E-state index in [-0.39, 0.29) is 0 Å². The van der Waals surface area contributed by atoms with Crippen molar-refractivity contribution in [3.8, 4) is 0 Å². The Kier molecular flexibility index (Phi) is 3.89. The molecular weight excluding hydrogens is 359 g/mol. The molecule has 0 atom stereocenters. The Morgan fingerprint density at radius 3 is 2.36 bits per heavy atom. The minimum absolute atomic E-state index is 0.756. The molecule has 1 aromatic rings. The van der Waals surface area contributed by atoms with Crippen molar-refractivity contribution in [2.45, 2.75) is 5.33 Å². The van der Waals surface area contributed by atoms with Crippen LogP contribution in [0.5, 0.6) is 0 Å². The lowest BCUT2D eigenvalue weighted by Crippen LogP contribution is -1.82. The predicted molar refractivity (Wildman–Crippen MR) is 59.5 cm³/mol. The quantitative estimate of drug-likeness (QED) is 0.499. The molecule has 0 aliphatic carbocycles. The van der Waals surface area contributed by atoms with E-state index in [1.807, 2.05) is 12.1 Å². The van der Waals surface area contributed by atoms with Crippen LogP contribution in [0.15, 0.2) is 21.1 Å². The van der Waals surface area contributed by atoms with Gasteiger partial charge in [-0.3, -0.25) is 0 Å². The van der Waals surface area contributed by atoms with E-state index in [0.29, 0.717) is 0 Å². The van der Waals surface area contributed by atoms with E-state index in [1.165, 1.54) is 0 Å². The average Bonchev–Trinajstić information content (AvgIpc) is 1.99. The molecule has 0 nitrogen and oxygen atoms in total. The van der Waals surface area contributed by atoms with Gasteiger partial charge in [0.1, 0.15) is 0 Å². The molecule has 0 heterocycles. The van der Waals surface area contributed by atoms with Gasteiger partial charge >= 0.3 is 0 Å². The van der Waals surface area contributed by atoms with Crippen LogP contribution in [0.1, 0.15) is 5.56 Å². The largest absolute Gasteiger partial charge is 0.0875 e. The topological polar surface area (TPSA) is 0 Å². The van der Waals surface area contributed by atoms with Crippen LogP contribution in [-0.2, 0) is 5.33 Å². The zero-order chi connectivity index (χ0) is 8.43. The normalized spacial score (nSPS) is 10.2. The molecular formula is C7H4Br3Cl. The molecule has 0 spiro atoms. The molecule has 0 unspecified atom stereocenters. The zero-order valence-corrected chi connectivity index (χ0v) is 10.9. The summed E-state index contributed by atoms with van der Waals surface area (Å²) in [4.78, 5) is 0. The van der Waals surface area contributed by atoms with Gasteiger partial charge in [-0.05, 0) is 49.6 Å². The third-order valence-electron chi connectivity index (χ3n) is 1.27. The summed E-state index contributed by atoms with van der Waals surface area (Å²) in [7, 11) is 0. The van der Waals surface area contributed by atoms with Gasteiger partial charge in [-0.15, -0.1) is 0 Å². The lowest BCUT2D eigenvalue weighted by molar-refractivity contribution is 1.38. The summed E-state index contributed by atoms with van der Waals surface area (Å²) in [6, 6.07) is 3.78. The highest BCUT2D eigenvalue weighted by Gasteiger charge is 2.06. The SMILES string of the molecule is Clc1ccc(Br)c(Br)c1CBr. The van der Waals surface area contributed by atoms with Crippen LogP contribution < -0.4 is 0 Å². The lowest BCUT2D eigenvalue weighted by Gasteiger charge is -2.04. The molecule has 11 heavy (non-hydrogen) atoms. The summed E-state index contributed by atoms with van der Waals surface area (Å²) in [6.07, 6.45) is 0. The number of hydrogen-bond acceptors (Lipinski definition) is 0. The molecule has 4 heteroatoms. The van der Waals surface area contributed by atoms with Crippen LogP contribution in [0.25, 0.3) is 0 Å². The van der Waals surface area contributed by atoms with Crippen molar-refractivity contribution in [1.82, 2.24) is 0 Å². The number of rotatable bonds is 1. The first-order valence-electron chi connectivity index (χ1n) is 2.85. The monoisotopic (exact) mass is 360 g/mol. The zero-order valence-electron chi connectivity index (χ0n) is 5.37. The summed E-state index contributed by atoms with van der Waals surface area (Å²) in [6.45, 7) is 0. The number of halogens is 4. The highest BCUT2D eigenvalue weighted by molar-refractivity contribution is 9.13. The predicted octanol–water partition coefficient (Wildman–Crippen LogP) is 4.76. The second-order valence-electron chi connectivity index (χ2n) is 1.96. The molecule has 0 aliphatic heterocycles. The van der Waals surface area contributed by atoms with Crippen molar-refractivity contribution < 1.29 is 0 Å². The van der Waals surface area contributed by atoms with Gasteiger partial charge in [-0.25, -0.2) is 0 Å². The highest BCUT2D eigenvalue weighted by Crippen LogP contribution is 2.33. The third-order valence-corrected chi connectivity index (χ3v) is 4.29. The minimum Gasteiger partial charge on any atom is -0.0875 e. The van der Waals surface area contributed by atoms with Gasteiger partial charge in [0, 0.05) is 19.3 Å². The second kappa shape index (κ2) is 4.26. The Labute approximate surface area is 95.7 Å². The first-order chi connectivity index (χ1) is 5.16. The summed E-state index contributed by atoms with van der Waals surface area (Å²) in [5, 5.41) is 1.53. The Morgan fingerprint density at radius 1 is 1.27 bits per heavy atom. The van der Waals surface area contributed by atoms with Crippen molar-refractivity contribution >= 4 is 59.4 Å². The summed E-state index contributed by atoms with van der Waals surface area (Å²) < 4.78 is 2.04. The van der Waals surface area contributed by atoms with Crippen molar-refractivity contribution in [1.29, 1.82) is 0 Å². The molecule has 0 fully saturated rings. The lowest BCUT2D eigenvalue weighted by atomic mass is 10.2. The minimum atomic E-state index is 0.756. The number of hydrogen-bond donors (Lipinski definition) is 0. The number of alkyl halides is 1. The van der Waals surface area contributed by atoms with E-state index >= 15 is 0 Å². The van der Waals surface area contributed by atoms with Crippen LogP contribution >= 0.6 is 59.4 Å². The van der Waals surface area contributed by atoms with E-state index in [1.54, 1.807) is 0 Å². The smallest absolute Gasteiger partial charge is 0.0458 e. The summed E-state index contributed by atoms with van der Waals surface area (Å²) in [5.74, 6) is 0. The molecule has 1 aromatic carbocycles. The summed E-state index contributed by atoms with van der Waals surface area (Å²) in [5.41, 5.74) is 1.07. The van der Waals surface area contributed by atoms with Crippen LogP contribution in [0.4, 0.5) is 0 Å². The molecule has 0 radical (unpaired) electrons. The average molecular weight is 363 g/mol. The molecule has 0 bridgehead atoms. The molecule has 0 N–H and O–H groups in total. The fourth-order valence-corrected chi connectivity index (χ4v) is 3.01. The van der Waals surface area contributed by atoms with E-state index in [9.17, 15) is 0 Å². The first kappa shape index (κ1) is 10.0. The molecule has 0 saturated carbocycles. The van der Waals surface area contributed by atoms with E-state index < -0.39 is 0 Å².